The second kappa shape index (κ2) is 4.96. The van der Waals surface area contributed by atoms with Crippen LogP contribution in [-0.2, 0) is 4.74 Å². The third kappa shape index (κ3) is 2.50. The maximum Gasteiger partial charge on any atom is 0.0674 e. The minimum absolute atomic E-state index is 0.254. The summed E-state index contributed by atoms with van der Waals surface area (Å²) in [5, 5.41) is 9.15. The molecule has 0 radical (unpaired) electrons. The smallest absolute Gasteiger partial charge is 0.0674 e. The largest absolute Gasteiger partial charge is 0.376 e. The molecular formula is C12H20N2O. The van der Waals surface area contributed by atoms with Gasteiger partial charge in [-0.1, -0.05) is 12.8 Å². The van der Waals surface area contributed by atoms with Crippen LogP contribution < -0.4 is 0 Å². The lowest BCUT2D eigenvalue weighted by molar-refractivity contribution is -0.0450. The Morgan fingerprint density at radius 2 is 2.13 bits per heavy atom. The number of hydrogen-bond donors (Lipinski definition) is 0. The van der Waals surface area contributed by atoms with Crippen LogP contribution in [0.5, 0.6) is 0 Å². The fraction of sp³-hybridized carbons (Fsp3) is 0.917. The van der Waals surface area contributed by atoms with E-state index in [9.17, 15) is 0 Å². The van der Waals surface area contributed by atoms with Gasteiger partial charge in [0.05, 0.1) is 24.7 Å². The number of rotatable bonds is 1. The molecule has 2 rings (SSSR count). The lowest BCUT2D eigenvalue weighted by Gasteiger charge is -2.41. The van der Waals surface area contributed by atoms with E-state index in [1.165, 1.54) is 19.3 Å². The Bertz CT molecular complexity index is 248. The monoisotopic (exact) mass is 208 g/mol. The molecule has 1 aliphatic heterocycles. The van der Waals surface area contributed by atoms with Crippen LogP contribution in [0.25, 0.3) is 0 Å². The minimum Gasteiger partial charge on any atom is -0.376 e. The van der Waals surface area contributed by atoms with Crippen molar-refractivity contribution in [1.82, 2.24) is 4.90 Å². The van der Waals surface area contributed by atoms with Crippen molar-refractivity contribution in [3.05, 3.63) is 0 Å². The van der Waals surface area contributed by atoms with E-state index in [2.05, 4.69) is 17.9 Å². The molecule has 2 aliphatic rings. The Labute approximate surface area is 92.0 Å². The third-order valence-electron chi connectivity index (χ3n) is 3.64. The highest BCUT2D eigenvalue weighted by Crippen LogP contribution is 2.29. The molecule has 1 aliphatic carbocycles. The summed E-state index contributed by atoms with van der Waals surface area (Å²) < 4.78 is 5.54. The first-order valence-electron chi connectivity index (χ1n) is 6.06. The van der Waals surface area contributed by atoms with E-state index in [1.54, 1.807) is 0 Å². The Morgan fingerprint density at radius 1 is 1.33 bits per heavy atom. The van der Waals surface area contributed by atoms with Crippen LogP contribution >= 0.6 is 0 Å². The quantitative estimate of drug-likeness (QED) is 0.659. The van der Waals surface area contributed by atoms with E-state index >= 15 is 0 Å². The summed E-state index contributed by atoms with van der Waals surface area (Å²) >= 11 is 0. The SMILES string of the molecule is CC1CN(C2CCCCC2C#N)CCO1. The minimum atomic E-state index is 0.254. The number of nitrogens with zero attached hydrogens (tertiary/aromatic N) is 2. The summed E-state index contributed by atoms with van der Waals surface area (Å²) in [6.45, 7) is 4.96. The Kier molecular flexibility index (Phi) is 3.61. The number of nitriles is 1. The van der Waals surface area contributed by atoms with Crippen molar-refractivity contribution in [2.75, 3.05) is 19.7 Å². The van der Waals surface area contributed by atoms with E-state index in [-0.39, 0.29) is 5.92 Å². The predicted octanol–water partition coefficient (Wildman–Crippen LogP) is 1.79. The number of morpholine rings is 1. The van der Waals surface area contributed by atoms with Crippen molar-refractivity contribution >= 4 is 0 Å². The number of ether oxygens (including phenoxy) is 1. The van der Waals surface area contributed by atoms with Gasteiger partial charge >= 0.3 is 0 Å². The molecule has 0 bridgehead atoms. The molecule has 0 spiro atoms. The van der Waals surface area contributed by atoms with Crippen LogP contribution in [0.4, 0.5) is 0 Å². The highest BCUT2D eigenvalue weighted by Gasteiger charge is 2.32. The summed E-state index contributed by atoms with van der Waals surface area (Å²) in [4.78, 5) is 2.47. The van der Waals surface area contributed by atoms with Gasteiger partial charge in [-0.3, -0.25) is 4.90 Å². The van der Waals surface area contributed by atoms with E-state index in [0.29, 0.717) is 12.1 Å². The van der Waals surface area contributed by atoms with Crippen molar-refractivity contribution in [3.63, 3.8) is 0 Å². The first kappa shape index (κ1) is 10.9. The molecule has 3 unspecified atom stereocenters. The normalized spacial score (nSPS) is 38.5. The molecule has 0 aromatic carbocycles. The summed E-state index contributed by atoms with van der Waals surface area (Å²) in [7, 11) is 0. The second-order valence-corrected chi connectivity index (χ2v) is 4.76. The fourth-order valence-corrected chi connectivity index (χ4v) is 2.85. The zero-order chi connectivity index (χ0) is 10.7. The zero-order valence-electron chi connectivity index (χ0n) is 9.48. The molecule has 3 nitrogen and oxygen atoms in total. The maximum atomic E-state index is 9.15. The van der Waals surface area contributed by atoms with E-state index in [1.807, 2.05) is 0 Å². The number of hydrogen-bond acceptors (Lipinski definition) is 3. The van der Waals surface area contributed by atoms with Crippen molar-refractivity contribution in [3.8, 4) is 6.07 Å². The molecule has 84 valence electrons. The molecule has 1 saturated heterocycles. The molecule has 1 heterocycles. The van der Waals surface area contributed by atoms with Gasteiger partial charge in [0.1, 0.15) is 0 Å². The topological polar surface area (TPSA) is 36.3 Å². The van der Waals surface area contributed by atoms with Gasteiger partial charge < -0.3 is 4.74 Å². The van der Waals surface area contributed by atoms with Gasteiger partial charge in [0.15, 0.2) is 0 Å². The molecule has 3 heteroatoms. The summed E-state index contributed by atoms with van der Waals surface area (Å²) in [6.07, 6.45) is 5.14. The van der Waals surface area contributed by atoms with Crippen LogP contribution in [0.1, 0.15) is 32.6 Å². The van der Waals surface area contributed by atoms with Crippen LogP contribution in [0.15, 0.2) is 0 Å². The van der Waals surface area contributed by atoms with Crippen LogP contribution in [-0.4, -0.2) is 36.7 Å². The van der Waals surface area contributed by atoms with Crippen LogP contribution in [0, 0.1) is 17.2 Å². The van der Waals surface area contributed by atoms with Crippen molar-refractivity contribution < 1.29 is 4.74 Å². The van der Waals surface area contributed by atoms with Crippen molar-refractivity contribution in [2.45, 2.75) is 44.8 Å². The predicted molar refractivity (Wildman–Crippen MR) is 58.3 cm³/mol. The lowest BCUT2D eigenvalue weighted by atomic mass is 9.84. The van der Waals surface area contributed by atoms with E-state index < -0.39 is 0 Å². The van der Waals surface area contributed by atoms with E-state index in [0.717, 1.165) is 26.1 Å². The molecule has 0 aromatic rings. The lowest BCUT2D eigenvalue weighted by Crippen LogP contribution is -2.50. The van der Waals surface area contributed by atoms with E-state index in [4.69, 9.17) is 10.00 Å². The Hall–Kier alpha value is -0.590. The highest BCUT2D eigenvalue weighted by molar-refractivity contribution is 4.96. The van der Waals surface area contributed by atoms with Gasteiger partial charge in [0.2, 0.25) is 0 Å². The second-order valence-electron chi connectivity index (χ2n) is 4.76. The molecule has 0 amide bonds. The zero-order valence-corrected chi connectivity index (χ0v) is 9.48. The average Bonchev–Trinajstić information content (AvgIpc) is 2.29. The van der Waals surface area contributed by atoms with Crippen molar-refractivity contribution in [1.29, 1.82) is 5.26 Å². The molecule has 0 N–H and O–H groups in total. The standard InChI is InChI=1S/C12H20N2O/c1-10-9-14(6-7-15-10)12-5-3-2-4-11(12)8-13/h10-12H,2-7,9H2,1H3. The Morgan fingerprint density at radius 3 is 2.87 bits per heavy atom. The highest BCUT2D eigenvalue weighted by atomic mass is 16.5. The molecule has 3 atom stereocenters. The fourth-order valence-electron chi connectivity index (χ4n) is 2.85. The van der Waals surface area contributed by atoms with Crippen molar-refractivity contribution in [2.24, 2.45) is 5.92 Å². The maximum absolute atomic E-state index is 9.15. The molecule has 0 aromatic heterocycles. The Balaban J connectivity index is 1.98. The first-order valence-corrected chi connectivity index (χ1v) is 6.06. The van der Waals surface area contributed by atoms with Crippen LogP contribution in [0.2, 0.25) is 0 Å². The molecule has 2 fully saturated rings. The van der Waals surface area contributed by atoms with Gasteiger partial charge in [-0.05, 0) is 19.8 Å². The molecule has 1 saturated carbocycles. The van der Waals surface area contributed by atoms with Gasteiger partial charge in [0.25, 0.3) is 0 Å². The van der Waals surface area contributed by atoms with Gasteiger partial charge in [-0.15, -0.1) is 0 Å². The summed E-state index contributed by atoms with van der Waals surface area (Å²) in [6, 6.07) is 2.98. The van der Waals surface area contributed by atoms with Crippen LogP contribution in [0.3, 0.4) is 0 Å². The van der Waals surface area contributed by atoms with Gasteiger partial charge in [0, 0.05) is 19.1 Å². The molecular weight excluding hydrogens is 188 g/mol. The van der Waals surface area contributed by atoms with Gasteiger partial charge in [-0.25, -0.2) is 0 Å². The third-order valence-corrected chi connectivity index (χ3v) is 3.64. The first-order chi connectivity index (χ1) is 7.31. The summed E-state index contributed by atoms with van der Waals surface area (Å²) in [5.74, 6) is 0.254. The van der Waals surface area contributed by atoms with Gasteiger partial charge in [-0.2, -0.15) is 5.26 Å². The average molecular weight is 208 g/mol. The summed E-state index contributed by atoms with van der Waals surface area (Å²) in [5.41, 5.74) is 0. The molecule has 15 heavy (non-hydrogen) atoms.